The van der Waals surface area contributed by atoms with E-state index in [1.807, 2.05) is 0 Å². The van der Waals surface area contributed by atoms with Crippen molar-refractivity contribution in [3.8, 4) is 0 Å². The van der Waals surface area contributed by atoms with Crippen LogP contribution in [-0.4, -0.2) is 40.8 Å². The van der Waals surface area contributed by atoms with Gasteiger partial charge in [0, 0.05) is 25.8 Å². The highest BCUT2D eigenvalue weighted by molar-refractivity contribution is 7.92. The normalized spacial score (nSPS) is 16.0. The summed E-state index contributed by atoms with van der Waals surface area (Å²) >= 11 is 0. The van der Waals surface area contributed by atoms with Crippen molar-refractivity contribution in [1.29, 1.82) is 0 Å². The Morgan fingerprint density at radius 3 is 2.09 bits per heavy atom. The molecule has 0 bridgehead atoms. The first-order chi connectivity index (χ1) is 10.8. The summed E-state index contributed by atoms with van der Waals surface area (Å²) in [5.41, 5.74) is 1.29. The van der Waals surface area contributed by atoms with E-state index in [0.29, 0.717) is 5.69 Å². The Kier molecular flexibility index (Phi) is 5.51. The lowest BCUT2D eigenvalue weighted by molar-refractivity contribution is 0.239. The maximum atomic E-state index is 12.3. The molecule has 2 rings (SSSR count). The summed E-state index contributed by atoms with van der Waals surface area (Å²) in [6.45, 7) is 0. The van der Waals surface area contributed by atoms with Crippen molar-refractivity contribution >= 4 is 27.4 Å². The number of carbonyl (C=O) groups excluding carboxylic acids is 1. The molecule has 0 unspecified atom stereocenters. The van der Waals surface area contributed by atoms with Gasteiger partial charge in [0.05, 0.1) is 11.9 Å². The number of anilines is 2. The molecule has 0 spiro atoms. The SMILES string of the molecule is CN(C(=O)NC1CCCCC1)c1ccc(N(C)S(C)(=O)=O)cc1. The van der Waals surface area contributed by atoms with E-state index >= 15 is 0 Å². The molecule has 1 aliphatic rings. The molecule has 128 valence electrons. The largest absolute Gasteiger partial charge is 0.335 e. The van der Waals surface area contributed by atoms with Gasteiger partial charge in [-0.25, -0.2) is 13.2 Å². The van der Waals surface area contributed by atoms with Crippen molar-refractivity contribution in [2.45, 2.75) is 38.1 Å². The fourth-order valence-corrected chi connectivity index (χ4v) is 3.22. The minimum Gasteiger partial charge on any atom is -0.335 e. The molecule has 0 radical (unpaired) electrons. The van der Waals surface area contributed by atoms with E-state index in [1.165, 1.54) is 30.6 Å². The number of benzene rings is 1. The second-order valence-electron chi connectivity index (χ2n) is 6.09. The first-order valence-corrected chi connectivity index (χ1v) is 9.72. The van der Waals surface area contributed by atoms with Gasteiger partial charge in [-0.05, 0) is 37.1 Å². The first kappa shape index (κ1) is 17.6. The number of nitrogens with one attached hydrogen (secondary N) is 1. The average molecular weight is 339 g/mol. The maximum Gasteiger partial charge on any atom is 0.321 e. The van der Waals surface area contributed by atoms with Crippen molar-refractivity contribution in [2.75, 3.05) is 29.6 Å². The summed E-state index contributed by atoms with van der Waals surface area (Å²) < 4.78 is 24.3. The maximum absolute atomic E-state index is 12.3. The Balaban J connectivity index is 2.01. The molecule has 1 fully saturated rings. The number of hydrogen-bond donors (Lipinski definition) is 1. The standard InChI is InChI=1S/C16H25N3O3S/c1-18(16(20)17-13-7-5-4-6-8-13)14-9-11-15(12-10-14)19(2)23(3,21)22/h9-13H,4-8H2,1-3H3,(H,17,20). The first-order valence-electron chi connectivity index (χ1n) is 7.87. The Hall–Kier alpha value is -1.76. The molecule has 0 saturated heterocycles. The molecular formula is C16H25N3O3S. The highest BCUT2D eigenvalue weighted by Gasteiger charge is 2.19. The molecule has 1 aromatic rings. The summed E-state index contributed by atoms with van der Waals surface area (Å²) in [7, 11) is -0.0645. The molecule has 23 heavy (non-hydrogen) atoms. The van der Waals surface area contributed by atoms with Gasteiger partial charge in [-0.3, -0.25) is 9.21 Å². The molecule has 7 heteroatoms. The molecule has 0 atom stereocenters. The van der Waals surface area contributed by atoms with Crippen LogP contribution in [0.2, 0.25) is 0 Å². The molecule has 6 nitrogen and oxygen atoms in total. The molecule has 0 aromatic heterocycles. The molecular weight excluding hydrogens is 314 g/mol. The molecule has 2 amide bonds. The average Bonchev–Trinajstić information content (AvgIpc) is 2.53. The third-order valence-electron chi connectivity index (χ3n) is 4.34. The zero-order chi connectivity index (χ0) is 17.0. The number of carbonyl (C=O) groups is 1. The molecule has 1 N–H and O–H groups in total. The van der Waals surface area contributed by atoms with Crippen molar-refractivity contribution in [3.05, 3.63) is 24.3 Å². The zero-order valence-corrected chi connectivity index (χ0v) is 14.8. The van der Waals surface area contributed by atoms with Crippen molar-refractivity contribution in [3.63, 3.8) is 0 Å². The number of hydrogen-bond acceptors (Lipinski definition) is 3. The fourth-order valence-electron chi connectivity index (χ4n) is 2.71. The van der Waals surface area contributed by atoms with Crippen LogP contribution in [0.1, 0.15) is 32.1 Å². The van der Waals surface area contributed by atoms with Crippen LogP contribution in [0.4, 0.5) is 16.2 Å². The Morgan fingerprint density at radius 2 is 1.57 bits per heavy atom. The number of nitrogens with zero attached hydrogens (tertiary/aromatic N) is 2. The smallest absolute Gasteiger partial charge is 0.321 e. The summed E-state index contributed by atoms with van der Waals surface area (Å²) in [5.74, 6) is 0. The third-order valence-corrected chi connectivity index (χ3v) is 5.54. The van der Waals surface area contributed by atoms with Crippen LogP contribution in [0.3, 0.4) is 0 Å². The highest BCUT2D eigenvalue weighted by atomic mass is 32.2. The summed E-state index contributed by atoms with van der Waals surface area (Å²) in [6.07, 6.45) is 6.82. The van der Waals surface area contributed by atoms with E-state index in [4.69, 9.17) is 0 Å². The number of sulfonamides is 1. The fraction of sp³-hybridized carbons (Fsp3) is 0.562. The van der Waals surface area contributed by atoms with Gasteiger partial charge in [-0.15, -0.1) is 0 Å². The summed E-state index contributed by atoms with van der Waals surface area (Å²) in [5, 5.41) is 3.06. The van der Waals surface area contributed by atoms with Gasteiger partial charge >= 0.3 is 6.03 Å². The monoisotopic (exact) mass is 339 g/mol. The van der Waals surface area contributed by atoms with Crippen LogP contribution in [-0.2, 0) is 10.0 Å². The van der Waals surface area contributed by atoms with Crippen LogP contribution in [0.15, 0.2) is 24.3 Å². The van der Waals surface area contributed by atoms with Gasteiger partial charge in [-0.1, -0.05) is 19.3 Å². The van der Waals surface area contributed by atoms with Crippen molar-refractivity contribution < 1.29 is 13.2 Å². The molecule has 0 aliphatic heterocycles. The summed E-state index contributed by atoms with van der Waals surface area (Å²) in [6, 6.07) is 7.02. The van der Waals surface area contributed by atoms with E-state index in [-0.39, 0.29) is 12.1 Å². The summed E-state index contributed by atoms with van der Waals surface area (Å²) in [4.78, 5) is 13.9. The predicted molar refractivity (Wildman–Crippen MR) is 93.5 cm³/mol. The van der Waals surface area contributed by atoms with Crippen molar-refractivity contribution in [2.24, 2.45) is 0 Å². The predicted octanol–water partition coefficient (Wildman–Crippen LogP) is 2.56. The van der Waals surface area contributed by atoms with Gasteiger partial charge in [0.2, 0.25) is 10.0 Å². The van der Waals surface area contributed by atoms with Crippen LogP contribution >= 0.6 is 0 Å². The van der Waals surface area contributed by atoms with E-state index in [1.54, 1.807) is 36.2 Å². The van der Waals surface area contributed by atoms with Gasteiger partial charge in [0.1, 0.15) is 0 Å². The van der Waals surface area contributed by atoms with E-state index in [0.717, 1.165) is 24.8 Å². The molecule has 1 saturated carbocycles. The van der Waals surface area contributed by atoms with Gasteiger partial charge in [-0.2, -0.15) is 0 Å². The highest BCUT2D eigenvalue weighted by Crippen LogP contribution is 2.22. The van der Waals surface area contributed by atoms with Crippen molar-refractivity contribution in [1.82, 2.24) is 5.32 Å². The molecule has 1 aliphatic carbocycles. The zero-order valence-electron chi connectivity index (χ0n) is 13.9. The lowest BCUT2D eigenvalue weighted by Crippen LogP contribution is -2.43. The number of amides is 2. The van der Waals surface area contributed by atoms with Gasteiger partial charge in [0.15, 0.2) is 0 Å². The quantitative estimate of drug-likeness (QED) is 0.916. The lowest BCUT2D eigenvalue weighted by atomic mass is 9.96. The van der Waals surface area contributed by atoms with E-state index in [2.05, 4.69) is 5.32 Å². The van der Waals surface area contributed by atoms with Gasteiger partial charge < -0.3 is 5.32 Å². The van der Waals surface area contributed by atoms with Crippen LogP contribution < -0.4 is 14.5 Å². The second-order valence-corrected chi connectivity index (χ2v) is 8.10. The lowest BCUT2D eigenvalue weighted by Gasteiger charge is -2.26. The Morgan fingerprint density at radius 1 is 1.04 bits per heavy atom. The van der Waals surface area contributed by atoms with Crippen LogP contribution in [0, 0.1) is 0 Å². The van der Waals surface area contributed by atoms with Crippen LogP contribution in [0.25, 0.3) is 0 Å². The number of rotatable bonds is 4. The Labute approximate surface area is 138 Å². The molecule has 1 aromatic carbocycles. The molecule has 0 heterocycles. The minimum atomic E-state index is -3.28. The Bertz CT molecular complexity index is 637. The third kappa shape index (κ3) is 4.60. The second kappa shape index (κ2) is 7.21. The minimum absolute atomic E-state index is 0.124. The van der Waals surface area contributed by atoms with Gasteiger partial charge in [0.25, 0.3) is 0 Å². The van der Waals surface area contributed by atoms with E-state index in [9.17, 15) is 13.2 Å². The van der Waals surface area contributed by atoms with Crippen LogP contribution in [0.5, 0.6) is 0 Å². The van der Waals surface area contributed by atoms with E-state index < -0.39 is 10.0 Å². The number of urea groups is 1. The topological polar surface area (TPSA) is 69.7 Å².